The van der Waals surface area contributed by atoms with E-state index in [-0.39, 0.29) is 5.02 Å². The van der Waals surface area contributed by atoms with Gasteiger partial charge in [0.15, 0.2) is 0 Å². The summed E-state index contributed by atoms with van der Waals surface area (Å²) < 4.78 is 40.2. The molecule has 0 spiro atoms. The Morgan fingerprint density at radius 2 is 1.57 bits per heavy atom. The minimum absolute atomic E-state index is 0.274. The van der Waals surface area contributed by atoms with Crippen LogP contribution in [-0.2, 0) is 12.6 Å². The quantitative estimate of drug-likeness (QED) is 0.306. The maximum atomic E-state index is 13.4. The van der Waals surface area contributed by atoms with Gasteiger partial charge in [0.25, 0.3) is 0 Å². The number of fused-ring (bicyclic) bond motifs is 3. The molecule has 0 amide bonds. The van der Waals surface area contributed by atoms with E-state index >= 15 is 0 Å². The molecule has 0 radical (unpaired) electrons. The summed E-state index contributed by atoms with van der Waals surface area (Å²) in [6.07, 6.45) is -3.58. The van der Waals surface area contributed by atoms with Gasteiger partial charge < -0.3 is 0 Å². The molecular formula is C24H22ClF3N2. The van der Waals surface area contributed by atoms with Crippen molar-refractivity contribution in [1.82, 2.24) is 5.01 Å². The molecule has 0 aliphatic heterocycles. The minimum atomic E-state index is -4.44. The predicted molar refractivity (Wildman–Crippen MR) is 116 cm³/mol. The summed E-state index contributed by atoms with van der Waals surface area (Å²) in [4.78, 5) is 0. The first-order valence-corrected chi connectivity index (χ1v) is 10.3. The van der Waals surface area contributed by atoms with E-state index in [1.165, 1.54) is 22.8 Å². The highest BCUT2D eigenvalue weighted by atomic mass is 35.5. The van der Waals surface area contributed by atoms with Gasteiger partial charge in [-0.05, 0) is 59.0 Å². The monoisotopic (exact) mass is 430 g/mol. The van der Waals surface area contributed by atoms with Crippen LogP contribution in [0.15, 0.2) is 60.7 Å². The van der Waals surface area contributed by atoms with Gasteiger partial charge in [-0.2, -0.15) is 13.2 Å². The number of hydrazine groups is 1. The standard InChI is InChI=1S/C24H22ClF3N2/c1-3-29(4-2)30(23-14-18(24(26,27)28)10-12-22(23)25)19-11-9-17-13-16-7-5-6-8-20(16)21(17)15-19/h5-12,14-15H,3-4,13H2,1-2H3. The lowest BCUT2D eigenvalue weighted by atomic mass is 10.0. The molecule has 6 heteroatoms. The van der Waals surface area contributed by atoms with Crippen LogP contribution in [0.25, 0.3) is 11.1 Å². The number of hydrogen-bond donors (Lipinski definition) is 0. The van der Waals surface area contributed by atoms with E-state index in [4.69, 9.17) is 11.6 Å². The first-order chi connectivity index (χ1) is 14.3. The number of anilines is 2. The van der Waals surface area contributed by atoms with Gasteiger partial charge in [0.05, 0.1) is 22.0 Å². The van der Waals surface area contributed by atoms with Crippen LogP contribution < -0.4 is 5.01 Å². The number of alkyl halides is 3. The lowest BCUT2D eigenvalue weighted by molar-refractivity contribution is -0.137. The third-order valence-electron chi connectivity index (χ3n) is 5.54. The Morgan fingerprint density at radius 1 is 0.867 bits per heavy atom. The van der Waals surface area contributed by atoms with Crippen molar-refractivity contribution in [2.45, 2.75) is 26.4 Å². The fourth-order valence-electron chi connectivity index (χ4n) is 4.06. The number of benzene rings is 3. The van der Waals surface area contributed by atoms with Crippen molar-refractivity contribution in [1.29, 1.82) is 0 Å². The number of halogens is 4. The highest BCUT2D eigenvalue weighted by Crippen LogP contribution is 2.42. The molecule has 0 heterocycles. The van der Waals surface area contributed by atoms with Crippen LogP contribution in [0.4, 0.5) is 24.5 Å². The summed E-state index contributed by atoms with van der Waals surface area (Å²) in [7, 11) is 0. The zero-order chi connectivity index (χ0) is 21.5. The van der Waals surface area contributed by atoms with Crippen molar-refractivity contribution in [2.24, 2.45) is 0 Å². The summed E-state index contributed by atoms with van der Waals surface area (Å²) in [5.74, 6) is 0. The predicted octanol–water partition coefficient (Wildman–Crippen LogP) is 7.32. The zero-order valence-corrected chi connectivity index (χ0v) is 17.6. The van der Waals surface area contributed by atoms with E-state index in [2.05, 4.69) is 24.3 Å². The van der Waals surface area contributed by atoms with Gasteiger partial charge in [0.2, 0.25) is 0 Å². The second-order valence-corrected chi connectivity index (χ2v) is 7.70. The maximum absolute atomic E-state index is 13.4. The Morgan fingerprint density at radius 3 is 2.27 bits per heavy atom. The smallest absolute Gasteiger partial charge is 0.273 e. The molecule has 4 rings (SSSR count). The molecule has 3 aromatic carbocycles. The maximum Gasteiger partial charge on any atom is 0.416 e. The van der Waals surface area contributed by atoms with Crippen molar-refractivity contribution < 1.29 is 13.2 Å². The molecule has 1 aliphatic rings. The van der Waals surface area contributed by atoms with Gasteiger partial charge in [0, 0.05) is 13.1 Å². The third kappa shape index (κ3) is 3.68. The van der Waals surface area contributed by atoms with Gasteiger partial charge in [-0.1, -0.05) is 55.8 Å². The van der Waals surface area contributed by atoms with Crippen molar-refractivity contribution in [3.63, 3.8) is 0 Å². The van der Waals surface area contributed by atoms with Gasteiger partial charge in [0.1, 0.15) is 0 Å². The summed E-state index contributed by atoms with van der Waals surface area (Å²) in [6.45, 7) is 5.19. The molecule has 3 aromatic rings. The highest BCUT2D eigenvalue weighted by Gasteiger charge is 2.32. The molecule has 0 saturated carbocycles. The van der Waals surface area contributed by atoms with Crippen molar-refractivity contribution in [2.75, 3.05) is 18.1 Å². The molecule has 156 valence electrons. The molecule has 0 N–H and O–H groups in total. The molecule has 2 nitrogen and oxygen atoms in total. The molecule has 0 unspecified atom stereocenters. The van der Waals surface area contributed by atoms with Crippen LogP contribution in [0, 0.1) is 0 Å². The van der Waals surface area contributed by atoms with Crippen molar-refractivity contribution >= 4 is 23.0 Å². The van der Waals surface area contributed by atoms with Crippen LogP contribution in [0.5, 0.6) is 0 Å². The lowest BCUT2D eigenvalue weighted by Crippen LogP contribution is -2.39. The Labute approximate surface area is 179 Å². The SMILES string of the molecule is CCN(CC)N(c1ccc2c(c1)-c1ccccc1C2)c1cc(C(F)(F)F)ccc1Cl. The second-order valence-electron chi connectivity index (χ2n) is 7.29. The van der Waals surface area contributed by atoms with Crippen LogP contribution >= 0.6 is 11.6 Å². The molecule has 0 aromatic heterocycles. The summed E-state index contributed by atoms with van der Waals surface area (Å²) >= 11 is 6.41. The second kappa shape index (κ2) is 7.97. The molecule has 0 bridgehead atoms. The summed E-state index contributed by atoms with van der Waals surface area (Å²) in [6, 6.07) is 17.8. The van der Waals surface area contributed by atoms with Gasteiger partial charge >= 0.3 is 6.18 Å². The average Bonchev–Trinajstić information content (AvgIpc) is 3.10. The number of hydrogen-bond acceptors (Lipinski definition) is 2. The van der Waals surface area contributed by atoms with Crippen molar-refractivity contribution in [3.8, 4) is 11.1 Å². The molecule has 0 saturated heterocycles. The Bertz CT molecular complexity index is 1070. The van der Waals surface area contributed by atoms with Crippen LogP contribution in [0.1, 0.15) is 30.5 Å². The fourth-order valence-corrected chi connectivity index (χ4v) is 4.25. The normalized spacial score (nSPS) is 12.8. The molecule has 0 fully saturated rings. The van der Waals surface area contributed by atoms with E-state index in [9.17, 15) is 13.2 Å². The van der Waals surface area contributed by atoms with Crippen LogP contribution in [-0.4, -0.2) is 18.1 Å². The Kier molecular flexibility index (Phi) is 5.51. The van der Waals surface area contributed by atoms with Gasteiger partial charge in [-0.3, -0.25) is 5.01 Å². The number of nitrogens with zero attached hydrogens (tertiary/aromatic N) is 2. The van der Waals surface area contributed by atoms with Crippen LogP contribution in [0.2, 0.25) is 5.02 Å². The summed E-state index contributed by atoms with van der Waals surface area (Å²) in [5, 5.41) is 4.05. The van der Waals surface area contributed by atoms with E-state index in [1.807, 2.05) is 37.1 Å². The molecule has 0 atom stereocenters. The van der Waals surface area contributed by atoms with E-state index in [0.717, 1.165) is 29.8 Å². The minimum Gasteiger partial charge on any atom is -0.273 e. The van der Waals surface area contributed by atoms with Crippen LogP contribution in [0.3, 0.4) is 0 Å². The lowest BCUT2D eigenvalue weighted by Gasteiger charge is -2.36. The Balaban J connectivity index is 1.87. The highest BCUT2D eigenvalue weighted by molar-refractivity contribution is 6.33. The number of rotatable bonds is 5. The van der Waals surface area contributed by atoms with E-state index in [0.29, 0.717) is 18.8 Å². The van der Waals surface area contributed by atoms with E-state index < -0.39 is 11.7 Å². The largest absolute Gasteiger partial charge is 0.416 e. The third-order valence-corrected chi connectivity index (χ3v) is 5.86. The summed E-state index contributed by atoms with van der Waals surface area (Å²) in [5.41, 5.74) is 5.15. The average molecular weight is 431 g/mol. The fraction of sp³-hybridized carbons (Fsp3) is 0.250. The topological polar surface area (TPSA) is 6.48 Å². The van der Waals surface area contributed by atoms with Crippen molar-refractivity contribution in [3.05, 3.63) is 82.4 Å². The van der Waals surface area contributed by atoms with Gasteiger partial charge in [-0.15, -0.1) is 0 Å². The van der Waals surface area contributed by atoms with E-state index in [1.54, 1.807) is 5.01 Å². The first kappa shape index (κ1) is 20.8. The molecule has 1 aliphatic carbocycles. The Hall–Kier alpha value is -2.50. The molecular weight excluding hydrogens is 409 g/mol. The zero-order valence-electron chi connectivity index (χ0n) is 16.8. The molecule has 30 heavy (non-hydrogen) atoms. The van der Waals surface area contributed by atoms with Gasteiger partial charge in [-0.25, -0.2) is 5.01 Å². The first-order valence-electron chi connectivity index (χ1n) is 9.96.